The first-order chi connectivity index (χ1) is 5.83. The molecular formula is C10H12O2. The van der Waals surface area contributed by atoms with Crippen molar-refractivity contribution in [3.05, 3.63) is 36.9 Å². The number of ether oxygens (including phenoxy) is 1. The van der Waals surface area contributed by atoms with E-state index < -0.39 is 0 Å². The van der Waals surface area contributed by atoms with Crippen molar-refractivity contribution in [3.63, 3.8) is 0 Å². The van der Waals surface area contributed by atoms with Crippen molar-refractivity contribution in [2.45, 2.75) is 6.42 Å². The number of rotatable bonds is 4. The molecule has 0 amide bonds. The molecule has 64 valence electrons. The first-order valence-electron chi connectivity index (χ1n) is 3.85. The fourth-order valence-electron chi connectivity index (χ4n) is 0.833. The molecule has 0 heterocycles. The van der Waals surface area contributed by atoms with Crippen LogP contribution in [0.5, 0.6) is 11.5 Å². The Bertz CT molecular complexity index is 256. The molecule has 12 heavy (non-hydrogen) atoms. The summed E-state index contributed by atoms with van der Waals surface area (Å²) >= 11 is 0. The van der Waals surface area contributed by atoms with Crippen LogP contribution in [-0.4, -0.2) is 11.7 Å². The average Bonchev–Trinajstić information content (AvgIpc) is 2.05. The Morgan fingerprint density at radius 3 is 3.00 bits per heavy atom. The summed E-state index contributed by atoms with van der Waals surface area (Å²) in [6, 6.07) is 6.75. The van der Waals surface area contributed by atoms with E-state index in [9.17, 15) is 0 Å². The van der Waals surface area contributed by atoms with Crippen LogP contribution in [0.2, 0.25) is 0 Å². The van der Waals surface area contributed by atoms with Crippen molar-refractivity contribution >= 4 is 0 Å². The minimum absolute atomic E-state index is 0.228. The minimum atomic E-state index is 0.228. The Balaban J connectivity index is 2.46. The number of hydrogen-bond donors (Lipinski definition) is 1. The van der Waals surface area contributed by atoms with Crippen molar-refractivity contribution in [1.82, 2.24) is 0 Å². The highest BCUT2D eigenvalue weighted by Gasteiger charge is 1.92. The second-order valence-electron chi connectivity index (χ2n) is 2.42. The van der Waals surface area contributed by atoms with Gasteiger partial charge in [0.25, 0.3) is 0 Å². The van der Waals surface area contributed by atoms with Gasteiger partial charge in [-0.1, -0.05) is 12.1 Å². The third kappa shape index (κ3) is 2.66. The van der Waals surface area contributed by atoms with E-state index in [1.165, 1.54) is 0 Å². The van der Waals surface area contributed by atoms with Crippen LogP contribution >= 0.6 is 0 Å². The summed E-state index contributed by atoms with van der Waals surface area (Å²) in [5.41, 5.74) is 0. The van der Waals surface area contributed by atoms with E-state index >= 15 is 0 Å². The van der Waals surface area contributed by atoms with Crippen LogP contribution in [0.25, 0.3) is 0 Å². The maximum absolute atomic E-state index is 9.07. The lowest BCUT2D eigenvalue weighted by Gasteiger charge is -2.03. The van der Waals surface area contributed by atoms with Gasteiger partial charge in [-0.05, 0) is 18.6 Å². The monoisotopic (exact) mass is 164 g/mol. The number of benzene rings is 1. The molecule has 0 saturated carbocycles. The van der Waals surface area contributed by atoms with Crippen molar-refractivity contribution < 1.29 is 9.84 Å². The Kier molecular flexibility index (Phi) is 3.20. The number of aromatic hydroxyl groups is 1. The largest absolute Gasteiger partial charge is 0.508 e. The molecule has 1 aromatic rings. The maximum Gasteiger partial charge on any atom is 0.122 e. The van der Waals surface area contributed by atoms with Gasteiger partial charge in [0.05, 0.1) is 6.61 Å². The Morgan fingerprint density at radius 2 is 2.33 bits per heavy atom. The molecule has 0 fully saturated rings. The smallest absolute Gasteiger partial charge is 0.122 e. The van der Waals surface area contributed by atoms with Crippen molar-refractivity contribution in [3.8, 4) is 11.5 Å². The predicted molar refractivity (Wildman–Crippen MR) is 48.4 cm³/mol. The van der Waals surface area contributed by atoms with Gasteiger partial charge in [0, 0.05) is 6.07 Å². The van der Waals surface area contributed by atoms with Crippen molar-refractivity contribution in [2.24, 2.45) is 0 Å². The highest BCUT2D eigenvalue weighted by molar-refractivity contribution is 5.31. The van der Waals surface area contributed by atoms with Crippen LogP contribution in [0.1, 0.15) is 6.42 Å². The van der Waals surface area contributed by atoms with Crippen LogP contribution in [-0.2, 0) is 0 Å². The molecule has 1 aromatic carbocycles. The van der Waals surface area contributed by atoms with Gasteiger partial charge in [0.1, 0.15) is 11.5 Å². The molecule has 0 aromatic heterocycles. The molecule has 0 aliphatic rings. The van der Waals surface area contributed by atoms with Crippen LogP contribution < -0.4 is 4.74 Å². The van der Waals surface area contributed by atoms with E-state index in [2.05, 4.69) is 6.58 Å². The van der Waals surface area contributed by atoms with E-state index in [1.54, 1.807) is 24.3 Å². The molecular weight excluding hydrogens is 152 g/mol. The lowest BCUT2D eigenvalue weighted by Crippen LogP contribution is -1.94. The van der Waals surface area contributed by atoms with Gasteiger partial charge in [-0.3, -0.25) is 0 Å². The summed E-state index contributed by atoms with van der Waals surface area (Å²) in [5.74, 6) is 0.919. The molecule has 0 aliphatic carbocycles. The summed E-state index contributed by atoms with van der Waals surface area (Å²) < 4.78 is 5.30. The third-order valence-corrected chi connectivity index (χ3v) is 1.41. The summed E-state index contributed by atoms with van der Waals surface area (Å²) in [6.07, 6.45) is 2.61. The molecule has 2 nitrogen and oxygen atoms in total. The van der Waals surface area contributed by atoms with Gasteiger partial charge in [-0.2, -0.15) is 0 Å². The SMILES string of the molecule is C=CCCOc1cccc(O)c1. The first-order valence-corrected chi connectivity index (χ1v) is 3.85. The van der Waals surface area contributed by atoms with E-state index in [-0.39, 0.29) is 5.75 Å². The van der Waals surface area contributed by atoms with Gasteiger partial charge in [0.15, 0.2) is 0 Å². The normalized spacial score (nSPS) is 9.33. The van der Waals surface area contributed by atoms with E-state index in [0.29, 0.717) is 12.4 Å². The molecule has 0 unspecified atom stereocenters. The molecule has 0 aliphatic heterocycles. The third-order valence-electron chi connectivity index (χ3n) is 1.41. The van der Waals surface area contributed by atoms with Gasteiger partial charge >= 0.3 is 0 Å². The van der Waals surface area contributed by atoms with Gasteiger partial charge in [0.2, 0.25) is 0 Å². The zero-order valence-corrected chi connectivity index (χ0v) is 6.86. The van der Waals surface area contributed by atoms with E-state index in [1.807, 2.05) is 6.07 Å². The molecule has 0 spiro atoms. The first kappa shape index (κ1) is 8.65. The standard InChI is InChI=1S/C10H12O2/c1-2-3-7-12-10-6-4-5-9(11)8-10/h2,4-6,8,11H,1,3,7H2. The lowest BCUT2D eigenvalue weighted by atomic mass is 10.3. The van der Waals surface area contributed by atoms with Gasteiger partial charge < -0.3 is 9.84 Å². The zero-order chi connectivity index (χ0) is 8.81. The second-order valence-corrected chi connectivity index (χ2v) is 2.42. The molecule has 0 saturated heterocycles. The van der Waals surface area contributed by atoms with E-state index in [0.717, 1.165) is 6.42 Å². The number of hydrogen-bond acceptors (Lipinski definition) is 2. The predicted octanol–water partition coefficient (Wildman–Crippen LogP) is 2.35. The van der Waals surface area contributed by atoms with Crippen molar-refractivity contribution in [2.75, 3.05) is 6.61 Å². The second kappa shape index (κ2) is 4.44. The quantitative estimate of drug-likeness (QED) is 0.546. The van der Waals surface area contributed by atoms with Crippen LogP contribution in [0.3, 0.4) is 0 Å². The zero-order valence-electron chi connectivity index (χ0n) is 6.86. The highest BCUT2D eigenvalue weighted by atomic mass is 16.5. The fraction of sp³-hybridized carbons (Fsp3) is 0.200. The molecule has 0 radical (unpaired) electrons. The van der Waals surface area contributed by atoms with Gasteiger partial charge in [-0.25, -0.2) is 0 Å². The molecule has 0 bridgehead atoms. The summed E-state index contributed by atoms with van der Waals surface area (Å²) in [7, 11) is 0. The topological polar surface area (TPSA) is 29.5 Å². The Labute approximate surface area is 72.1 Å². The van der Waals surface area contributed by atoms with Crippen molar-refractivity contribution in [1.29, 1.82) is 0 Å². The highest BCUT2D eigenvalue weighted by Crippen LogP contribution is 2.17. The number of phenolic OH excluding ortho intramolecular Hbond substituents is 1. The summed E-state index contributed by atoms with van der Waals surface area (Å²) in [5, 5.41) is 9.07. The maximum atomic E-state index is 9.07. The Morgan fingerprint density at radius 1 is 1.50 bits per heavy atom. The lowest BCUT2D eigenvalue weighted by molar-refractivity contribution is 0.323. The summed E-state index contributed by atoms with van der Waals surface area (Å²) in [4.78, 5) is 0. The Hall–Kier alpha value is -1.44. The van der Waals surface area contributed by atoms with Crippen LogP contribution in [0.4, 0.5) is 0 Å². The van der Waals surface area contributed by atoms with Gasteiger partial charge in [-0.15, -0.1) is 6.58 Å². The minimum Gasteiger partial charge on any atom is -0.508 e. The summed E-state index contributed by atoms with van der Waals surface area (Å²) in [6.45, 7) is 4.18. The fourth-order valence-corrected chi connectivity index (χ4v) is 0.833. The molecule has 1 rings (SSSR count). The molecule has 2 heteroatoms. The average molecular weight is 164 g/mol. The van der Waals surface area contributed by atoms with Crippen LogP contribution in [0.15, 0.2) is 36.9 Å². The molecule has 1 N–H and O–H groups in total. The molecule has 0 atom stereocenters. The number of phenols is 1. The van der Waals surface area contributed by atoms with Crippen LogP contribution in [0, 0.1) is 0 Å². The van der Waals surface area contributed by atoms with E-state index in [4.69, 9.17) is 9.84 Å².